The smallest absolute Gasteiger partial charge is 0.257 e. The van der Waals surface area contributed by atoms with Crippen molar-refractivity contribution in [2.45, 2.75) is 36.8 Å². The number of thioether (sulfide) groups is 1. The fourth-order valence-electron chi connectivity index (χ4n) is 3.26. The number of fused-ring (bicyclic) bond motifs is 1. The molecule has 2 aromatic carbocycles. The largest absolute Gasteiger partial charge is 0.334 e. The minimum absolute atomic E-state index is 0.148. The van der Waals surface area contributed by atoms with Crippen LogP contribution in [0.25, 0.3) is 11.5 Å². The van der Waals surface area contributed by atoms with E-state index in [1.807, 2.05) is 30.3 Å². The zero-order chi connectivity index (χ0) is 17.9. The Morgan fingerprint density at radius 2 is 2.00 bits per heavy atom. The van der Waals surface area contributed by atoms with Gasteiger partial charge in [0.1, 0.15) is 0 Å². The first-order chi connectivity index (χ1) is 12.7. The van der Waals surface area contributed by atoms with Gasteiger partial charge in [0, 0.05) is 22.4 Å². The van der Waals surface area contributed by atoms with Gasteiger partial charge in [-0.15, -0.1) is 11.8 Å². The third-order valence-corrected chi connectivity index (χ3v) is 5.88. The molecule has 1 unspecified atom stereocenters. The van der Waals surface area contributed by atoms with Crippen molar-refractivity contribution in [2.24, 2.45) is 5.73 Å². The summed E-state index contributed by atoms with van der Waals surface area (Å²) in [5.74, 6) is 2.89. The van der Waals surface area contributed by atoms with Crippen LogP contribution in [0.5, 0.6) is 0 Å². The van der Waals surface area contributed by atoms with Crippen molar-refractivity contribution >= 4 is 23.4 Å². The molecule has 0 bridgehead atoms. The summed E-state index contributed by atoms with van der Waals surface area (Å²) in [5, 5.41) is 4.87. The Kier molecular flexibility index (Phi) is 5.29. The second-order valence-electron chi connectivity index (χ2n) is 6.55. The SMILES string of the molecule is NC1CCCc2cc(-c3nc(CSCc4ccc(Cl)cc4)no3)ccc21. The number of benzene rings is 2. The summed E-state index contributed by atoms with van der Waals surface area (Å²) in [5.41, 5.74) is 10.9. The van der Waals surface area contributed by atoms with Crippen LogP contribution in [0.2, 0.25) is 5.02 Å². The number of nitrogens with two attached hydrogens (primary N) is 1. The molecule has 0 fully saturated rings. The molecule has 4 nitrogen and oxygen atoms in total. The molecular weight excluding hydrogens is 366 g/mol. The topological polar surface area (TPSA) is 64.9 Å². The van der Waals surface area contributed by atoms with E-state index >= 15 is 0 Å². The standard InChI is InChI=1S/C20H20ClN3OS/c21-16-7-4-13(5-8-16)11-26-12-19-23-20(25-24-19)15-6-9-17-14(10-15)2-1-3-18(17)22/h4-10,18H,1-3,11-12,22H2. The fourth-order valence-corrected chi connectivity index (χ4v) is 4.21. The fraction of sp³-hybridized carbons (Fsp3) is 0.300. The first-order valence-corrected chi connectivity index (χ1v) is 10.3. The molecule has 0 amide bonds. The van der Waals surface area contributed by atoms with E-state index in [-0.39, 0.29) is 6.04 Å². The third kappa shape index (κ3) is 3.95. The van der Waals surface area contributed by atoms with Gasteiger partial charge in [0.05, 0.1) is 5.75 Å². The van der Waals surface area contributed by atoms with Gasteiger partial charge in [0.2, 0.25) is 0 Å². The van der Waals surface area contributed by atoms with Crippen molar-refractivity contribution in [3.8, 4) is 11.5 Å². The molecule has 0 saturated heterocycles. The summed E-state index contributed by atoms with van der Waals surface area (Å²) < 4.78 is 5.46. The van der Waals surface area contributed by atoms with Crippen LogP contribution in [0, 0.1) is 0 Å². The first kappa shape index (κ1) is 17.6. The normalized spacial score (nSPS) is 16.5. The van der Waals surface area contributed by atoms with Gasteiger partial charge < -0.3 is 10.3 Å². The molecule has 1 aromatic heterocycles. The number of rotatable bonds is 5. The van der Waals surface area contributed by atoms with Crippen molar-refractivity contribution < 1.29 is 4.52 Å². The predicted molar refractivity (Wildman–Crippen MR) is 106 cm³/mol. The van der Waals surface area contributed by atoms with Gasteiger partial charge in [-0.25, -0.2) is 0 Å². The van der Waals surface area contributed by atoms with E-state index in [0.29, 0.717) is 17.5 Å². The monoisotopic (exact) mass is 385 g/mol. The second kappa shape index (κ2) is 7.82. The van der Waals surface area contributed by atoms with E-state index < -0.39 is 0 Å². The van der Waals surface area contributed by atoms with Crippen LogP contribution in [0.15, 0.2) is 47.0 Å². The molecular formula is C20H20ClN3OS. The van der Waals surface area contributed by atoms with Crippen LogP contribution in [0.1, 0.15) is 41.4 Å². The van der Waals surface area contributed by atoms with Gasteiger partial charge in [0.15, 0.2) is 5.82 Å². The van der Waals surface area contributed by atoms with Crippen molar-refractivity contribution in [3.05, 3.63) is 70.0 Å². The van der Waals surface area contributed by atoms with Crippen molar-refractivity contribution in [1.29, 1.82) is 0 Å². The van der Waals surface area contributed by atoms with Crippen LogP contribution < -0.4 is 5.73 Å². The van der Waals surface area contributed by atoms with Crippen molar-refractivity contribution in [3.63, 3.8) is 0 Å². The Hall–Kier alpha value is -1.82. The summed E-state index contributed by atoms with van der Waals surface area (Å²) in [6.07, 6.45) is 3.25. The number of hydrogen-bond donors (Lipinski definition) is 1. The van der Waals surface area contributed by atoms with Crippen LogP contribution >= 0.6 is 23.4 Å². The molecule has 3 aromatic rings. The van der Waals surface area contributed by atoms with Crippen LogP contribution in [0.4, 0.5) is 0 Å². The first-order valence-electron chi connectivity index (χ1n) is 8.72. The van der Waals surface area contributed by atoms with Gasteiger partial charge in [-0.3, -0.25) is 0 Å². The summed E-state index contributed by atoms with van der Waals surface area (Å²) >= 11 is 7.66. The number of halogens is 1. The molecule has 2 N–H and O–H groups in total. The molecule has 1 aliphatic carbocycles. The van der Waals surface area contributed by atoms with E-state index in [1.165, 1.54) is 16.7 Å². The minimum atomic E-state index is 0.148. The highest BCUT2D eigenvalue weighted by Gasteiger charge is 2.18. The summed E-state index contributed by atoms with van der Waals surface area (Å²) in [4.78, 5) is 4.54. The Morgan fingerprint density at radius 1 is 1.15 bits per heavy atom. The van der Waals surface area contributed by atoms with E-state index in [2.05, 4.69) is 22.3 Å². The number of hydrogen-bond acceptors (Lipinski definition) is 5. The average Bonchev–Trinajstić information content (AvgIpc) is 3.12. The second-order valence-corrected chi connectivity index (χ2v) is 7.97. The molecule has 1 atom stereocenters. The molecule has 6 heteroatoms. The van der Waals surface area contributed by atoms with Crippen molar-refractivity contribution in [1.82, 2.24) is 10.1 Å². The third-order valence-electron chi connectivity index (χ3n) is 4.63. The lowest BCUT2D eigenvalue weighted by atomic mass is 9.87. The van der Waals surface area contributed by atoms with Gasteiger partial charge in [-0.2, -0.15) is 4.98 Å². The van der Waals surface area contributed by atoms with Crippen LogP contribution in [-0.4, -0.2) is 10.1 Å². The van der Waals surface area contributed by atoms with E-state index in [4.69, 9.17) is 21.9 Å². The number of aryl methyl sites for hydroxylation is 1. The molecule has 26 heavy (non-hydrogen) atoms. The molecule has 1 aliphatic rings. The van der Waals surface area contributed by atoms with Crippen LogP contribution in [0.3, 0.4) is 0 Å². The van der Waals surface area contributed by atoms with Gasteiger partial charge in [-0.05, 0) is 60.2 Å². The number of aromatic nitrogens is 2. The number of nitrogens with zero attached hydrogens (tertiary/aromatic N) is 2. The zero-order valence-electron chi connectivity index (χ0n) is 14.3. The van der Waals surface area contributed by atoms with Gasteiger partial charge >= 0.3 is 0 Å². The quantitative estimate of drug-likeness (QED) is 0.657. The lowest BCUT2D eigenvalue weighted by molar-refractivity contribution is 0.425. The van der Waals surface area contributed by atoms with Crippen LogP contribution in [-0.2, 0) is 17.9 Å². The lowest BCUT2D eigenvalue weighted by Gasteiger charge is -2.22. The van der Waals surface area contributed by atoms with Gasteiger partial charge in [0.25, 0.3) is 5.89 Å². The maximum absolute atomic E-state index is 6.19. The molecule has 0 radical (unpaired) electrons. The van der Waals surface area contributed by atoms with E-state index in [0.717, 1.165) is 35.6 Å². The molecule has 4 rings (SSSR count). The molecule has 0 saturated carbocycles. The predicted octanol–water partition coefficient (Wildman–Crippen LogP) is 5.16. The molecule has 134 valence electrons. The average molecular weight is 386 g/mol. The lowest BCUT2D eigenvalue weighted by Crippen LogP contribution is -2.17. The van der Waals surface area contributed by atoms with E-state index in [9.17, 15) is 0 Å². The highest BCUT2D eigenvalue weighted by molar-refractivity contribution is 7.97. The summed E-state index contributed by atoms with van der Waals surface area (Å²) in [7, 11) is 0. The summed E-state index contributed by atoms with van der Waals surface area (Å²) in [6.45, 7) is 0. The zero-order valence-corrected chi connectivity index (χ0v) is 15.9. The minimum Gasteiger partial charge on any atom is -0.334 e. The molecule has 0 spiro atoms. The summed E-state index contributed by atoms with van der Waals surface area (Å²) in [6, 6.07) is 14.3. The van der Waals surface area contributed by atoms with E-state index in [1.54, 1.807) is 11.8 Å². The maximum Gasteiger partial charge on any atom is 0.257 e. The van der Waals surface area contributed by atoms with Gasteiger partial charge in [-0.1, -0.05) is 35.0 Å². The highest BCUT2D eigenvalue weighted by Crippen LogP contribution is 2.31. The Morgan fingerprint density at radius 3 is 2.85 bits per heavy atom. The molecule has 1 heterocycles. The Labute approximate surface area is 162 Å². The highest BCUT2D eigenvalue weighted by atomic mass is 35.5. The Balaban J connectivity index is 1.40. The van der Waals surface area contributed by atoms with Crippen molar-refractivity contribution in [2.75, 3.05) is 0 Å². The molecule has 0 aliphatic heterocycles. The Bertz CT molecular complexity index is 894. The maximum atomic E-state index is 6.19.